The Balaban J connectivity index is 3.44. The lowest BCUT2D eigenvalue weighted by atomic mass is 10.2. The highest BCUT2D eigenvalue weighted by molar-refractivity contribution is 9.10. The minimum absolute atomic E-state index is 0.0150. The number of carbonyl (C=O) groups is 1. The first kappa shape index (κ1) is 10.7. The van der Waals surface area contributed by atoms with Crippen LogP contribution in [0.25, 0.3) is 0 Å². The zero-order chi connectivity index (χ0) is 10.7. The quantitative estimate of drug-likeness (QED) is 0.768. The van der Waals surface area contributed by atoms with E-state index in [9.17, 15) is 13.6 Å². The predicted octanol–water partition coefficient (Wildman–Crippen LogP) is 2.47. The van der Waals surface area contributed by atoms with Crippen LogP contribution in [0.15, 0.2) is 10.5 Å². The molecule has 0 aromatic carbocycles. The molecule has 0 atom stereocenters. The third kappa shape index (κ3) is 1.93. The van der Waals surface area contributed by atoms with Crippen molar-refractivity contribution in [2.75, 3.05) is 0 Å². The lowest BCUT2D eigenvalue weighted by Gasteiger charge is -2.05. The van der Waals surface area contributed by atoms with Crippen LogP contribution in [0.4, 0.5) is 8.78 Å². The standard InChI is InChI=1S/C8H3BrF2N2O/c9-5-1-4(2-12)13-6(3-14)7(5)8(10)11/h1,3,8H. The lowest BCUT2D eigenvalue weighted by molar-refractivity contribution is 0.110. The Labute approximate surface area is 86.5 Å². The van der Waals surface area contributed by atoms with Gasteiger partial charge in [0.05, 0.1) is 5.56 Å². The van der Waals surface area contributed by atoms with E-state index in [1.54, 1.807) is 6.07 Å². The van der Waals surface area contributed by atoms with Crippen molar-refractivity contribution in [1.29, 1.82) is 5.26 Å². The van der Waals surface area contributed by atoms with Crippen LogP contribution in [0.5, 0.6) is 0 Å². The van der Waals surface area contributed by atoms with Crippen molar-refractivity contribution in [1.82, 2.24) is 4.98 Å². The number of alkyl halides is 2. The van der Waals surface area contributed by atoms with Crippen molar-refractivity contribution in [3.63, 3.8) is 0 Å². The van der Waals surface area contributed by atoms with E-state index in [-0.39, 0.29) is 16.5 Å². The Morgan fingerprint density at radius 1 is 1.64 bits per heavy atom. The molecule has 1 rings (SSSR count). The van der Waals surface area contributed by atoms with Crippen LogP contribution in [0.3, 0.4) is 0 Å². The summed E-state index contributed by atoms with van der Waals surface area (Å²) in [6.45, 7) is 0. The number of rotatable bonds is 2. The normalized spacial score (nSPS) is 9.93. The fraction of sp³-hybridized carbons (Fsp3) is 0.125. The van der Waals surface area contributed by atoms with Crippen molar-refractivity contribution >= 4 is 22.2 Å². The van der Waals surface area contributed by atoms with E-state index in [2.05, 4.69) is 20.9 Å². The van der Waals surface area contributed by atoms with E-state index in [0.29, 0.717) is 0 Å². The van der Waals surface area contributed by atoms with E-state index in [0.717, 1.165) is 6.07 Å². The topological polar surface area (TPSA) is 53.8 Å². The van der Waals surface area contributed by atoms with Gasteiger partial charge in [-0.2, -0.15) is 5.26 Å². The van der Waals surface area contributed by atoms with Crippen LogP contribution in [0.2, 0.25) is 0 Å². The van der Waals surface area contributed by atoms with E-state index in [4.69, 9.17) is 5.26 Å². The molecular formula is C8H3BrF2N2O. The van der Waals surface area contributed by atoms with Crippen molar-refractivity contribution in [3.8, 4) is 6.07 Å². The number of hydrogen-bond donors (Lipinski definition) is 0. The van der Waals surface area contributed by atoms with Crippen molar-refractivity contribution in [3.05, 3.63) is 27.5 Å². The maximum Gasteiger partial charge on any atom is 0.267 e. The van der Waals surface area contributed by atoms with Gasteiger partial charge < -0.3 is 0 Å². The molecule has 1 aromatic heterocycles. The summed E-state index contributed by atoms with van der Waals surface area (Å²) in [5.74, 6) is 0. The van der Waals surface area contributed by atoms with Crippen LogP contribution >= 0.6 is 15.9 Å². The summed E-state index contributed by atoms with van der Waals surface area (Å²) < 4.78 is 24.8. The van der Waals surface area contributed by atoms with E-state index in [1.807, 2.05) is 0 Å². The molecule has 0 saturated carbocycles. The molecule has 1 aromatic rings. The molecular weight excluding hydrogens is 258 g/mol. The fourth-order valence-corrected chi connectivity index (χ4v) is 1.50. The molecule has 6 heteroatoms. The highest BCUT2D eigenvalue weighted by atomic mass is 79.9. The molecule has 0 N–H and O–H groups in total. The highest BCUT2D eigenvalue weighted by Crippen LogP contribution is 2.29. The Bertz CT molecular complexity index is 415. The van der Waals surface area contributed by atoms with E-state index >= 15 is 0 Å². The van der Waals surface area contributed by atoms with Gasteiger partial charge >= 0.3 is 0 Å². The number of halogens is 3. The lowest BCUT2D eigenvalue weighted by Crippen LogP contribution is -2.00. The van der Waals surface area contributed by atoms with E-state index < -0.39 is 17.7 Å². The molecule has 0 aliphatic rings. The number of carbonyl (C=O) groups excluding carboxylic acids is 1. The Kier molecular flexibility index (Phi) is 3.25. The number of aldehydes is 1. The summed E-state index contributed by atoms with van der Waals surface area (Å²) in [5.41, 5.74) is -0.978. The van der Waals surface area contributed by atoms with Gasteiger partial charge in [0.25, 0.3) is 6.43 Å². The van der Waals surface area contributed by atoms with Gasteiger partial charge in [-0.05, 0) is 6.07 Å². The molecule has 0 aliphatic carbocycles. The first-order valence-corrected chi connectivity index (χ1v) is 4.23. The smallest absolute Gasteiger partial charge is 0.267 e. The summed E-state index contributed by atoms with van der Waals surface area (Å²) in [5, 5.41) is 8.47. The van der Waals surface area contributed by atoms with Gasteiger partial charge in [0, 0.05) is 4.47 Å². The van der Waals surface area contributed by atoms with Crippen molar-refractivity contribution in [2.45, 2.75) is 6.43 Å². The number of hydrogen-bond acceptors (Lipinski definition) is 3. The van der Waals surface area contributed by atoms with Gasteiger partial charge in [-0.1, -0.05) is 15.9 Å². The minimum Gasteiger partial charge on any atom is -0.296 e. The monoisotopic (exact) mass is 260 g/mol. The van der Waals surface area contributed by atoms with Crippen molar-refractivity contribution in [2.24, 2.45) is 0 Å². The van der Waals surface area contributed by atoms with Gasteiger partial charge in [-0.15, -0.1) is 0 Å². The summed E-state index contributed by atoms with van der Waals surface area (Å²) in [7, 11) is 0. The molecule has 0 bridgehead atoms. The van der Waals surface area contributed by atoms with Crippen LogP contribution < -0.4 is 0 Å². The fourth-order valence-electron chi connectivity index (χ4n) is 0.906. The first-order chi connectivity index (χ1) is 6.60. The van der Waals surface area contributed by atoms with Gasteiger partial charge in [-0.25, -0.2) is 13.8 Å². The third-order valence-corrected chi connectivity index (χ3v) is 2.14. The molecule has 14 heavy (non-hydrogen) atoms. The van der Waals surface area contributed by atoms with Crippen molar-refractivity contribution < 1.29 is 13.6 Å². The van der Waals surface area contributed by atoms with Crippen LogP contribution in [-0.4, -0.2) is 11.3 Å². The zero-order valence-electron chi connectivity index (χ0n) is 6.67. The van der Waals surface area contributed by atoms with Gasteiger partial charge in [0.15, 0.2) is 6.29 Å². The Morgan fingerprint density at radius 2 is 2.29 bits per heavy atom. The average Bonchev–Trinajstić information content (AvgIpc) is 2.15. The molecule has 0 aliphatic heterocycles. The molecule has 0 fully saturated rings. The van der Waals surface area contributed by atoms with Crippen LogP contribution in [0.1, 0.15) is 28.2 Å². The third-order valence-electron chi connectivity index (χ3n) is 1.48. The molecule has 0 spiro atoms. The maximum absolute atomic E-state index is 12.4. The molecule has 1 heterocycles. The molecule has 0 radical (unpaired) electrons. The predicted molar refractivity (Wildman–Crippen MR) is 47.0 cm³/mol. The highest BCUT2D eigenvalue weighted by Gasteiger charge is 2.18. The van der Waals surface area contributed by atoms with Crippen LogP contribution in [-0.2, 0) is 0 Å². The molecule has 3 nitrogen and oxygen atoms in total. The summed E-state index contributed by atoms with van der Waals surface area (Å²) in [4.78, 5) is 13.9. The molecule has 0 amide bonds. The first-order valence-electron chi connectivity index (χ1n) is 3.44. The van der Waals surface area contributed by atoms with Gasteiger partial charge in [-0.3, -0.25) is 4.79 Å². The Hall–Kier alpha value is -1.35. The number of aromatic nitrogens is 1. The summed E-state index contributed by atoms with van der Waals surface area (Å²) in [6.07, 6.45) is -2.60. The number of nitriles is 1. The zero-order valence-corrected chi connectivity index (χ0v) is 8.25. The average molecular weight is 261 g/mol. The van der Waals surface area contributed by atoms with Crippen LogP contribution in [0, 0.1) is 11.3 Å². The van der Waals surface area contributed by atoms with Gasteiger partial charge in [0.2, 0.25) is 0 Å². The second-order valence-corrected chi connectivity index (χ2v) is 3.17. The molecule has 0 unspecified atom stereocenters. The minimum atomic E-state index is -2.80. The molecule has 0 saturated heterocycles. The van der Waals surface area contributed by atoms with E-state index in [1.165, 1.54) is 0 Å². The maximum atomic E-state index is 12.4. The van der Waals surface area contributed by atoms with Gasteiger partial charge in [0.1, 0.15) is 17.5 Å². The summed E-state index contributed by atoms with van der Waals surface area (Å²) >= 11 is 2.85. The Morgan fingerprint density at radius 3 is 2.71 bits per heavy atom. The second-order valence-electron chi connectivity index (χ2n) is 2.32. The number of pyridine rings is 1. The summed E-state index contributed by atoms with van der Waals surface area (Å²) in [6, 6.07) is 2.81. The SMILES string of the molecule is N#Cc1cc(Br)c(C(F)F)c(C=O)n1. The second kappa shape index (κ2) is 4.24. The molecule has 72 valence electrons. The number of nitrogens with zero attached hydrogens (tertiary/aromatic N) is 2. The largest absolute Gasteiger partial charge is 0.296 e.